The second-order valence-corrected chi connectivity index (χ2v) is 14.1. The van der Waals surface area contributed by atoms with E-state index in [1.807, 2.05) is 39.8 Å². The average Bonchev–Trinajstić information content (AvgIpc) is 2.59. The van der Waals surface area contributed by atoms with E-state index in [9.17, 15) is 13.2 Å². The number of allylic oxidation sites excluding steroid dienone is 2. The third kappa shape index (κ3) is 3.90. The molecule has 1 aliphatic heterocycles. The summed E-state index contributed by atoms with van der Waals surface area (Å²) in [5, 5.41) is 0. The number of nitrogens with two attached hydrogens (primary N) is 1. The van der Waals surface area contributed by atoms with Crippen LogP contribution in [0.15, 0.2) is 24.3 Å². The molecule has 0 radical (unpaired) electrons. The zero-order chi connectivity index (χ0) is 21.8. The van der Waals surface area contributed by atoms with Crippen LogP contribution in [0.1, 0.15) is 101 Å². The summed E-state index contributed by atoms with van der Waals surface area (Å²) in [6.45, 7) is 11.9. The predicted molar refractivity (Wildman–Crippen MR) is 120 cm³/mol. The highest BCUT2D eigenvalue weighted by Gasteiger charge is 2.52. The Bertz CT molecular complexity index is 944. The quantitative estimate of drug-likeness (QED) is 0.731. The lowest BCUT2D eigenvalue weighted by Crippen LogP contribution is -2.51. The maximum absolute atomic E-state index is 13.0. The molecule has 1 aliphatic carbocycles. The highest BCUT2D eigenvalue weighted by Crippen LogP contribution is 2.48. The second-order valence-electron chi connectivity index (χ2n) is 10.9. The molecule has 0 spiro atoms. The molecule has 0 saturated carbocycles. The number of benzene rings is 1. The van der Waals surface area contributed by atoms with Gasteiger partial charge in [0, 0.05) is 5.56 Å². The number of carbonyl (C=O) groups is 1. The summed E-state index contributed by atoms with van der Waals surface area (Å²) in [5.74, 6) is -0.283. The Morgan fingerprint density at radius 1 is 1.03 bits per heavy atom. The van der Waals surface area contributed by atoms with Crippen molar-refractivity contribution in [1.82, 2.24) is 0 Å². The topological polar surface area (TPSA) is 77.2 Å². The van der Waals surface area contributed by atoms with Crippen molar-refractivity contribution in [2.24, 2.45) is 11.1 Å². The minimum atomic E-state index is -3.23. The van der Waals surface area contributed by atoms with Gasteiger partial charge in [-0.15, -0.1) is 0 Å². The molecule has 0 unspecified atom stereocenters. The van der Waals surface area contributed by atoms with E-state index in [0.717, 1.165) is 30.4 Å². The van der Waals surface area contributed by atoms with Crippen molar-refractivity contribution in [3.05, 3.63) is 41.0 Å². The fourth-order valence-corrected chi connectivity index (χ4v) is 7.42. The Morgan fingerprint density at radius 3 is 2.10 bits per heavy atom. The molecule has 5 heteroatoms. The van der Waals surface area contributed by atoms with Gasteiger partial charge < -0.3 is 5.73 Å². The molecule has 29 heavy (non-hydrogen) atoms. The highest BCUT2D eigenvalue weighted by atomic mass is 32.2. The maximum atomic E-state index is 13.0. The van der Waals surface area contributed by atoms with Crippen LogP contribution < -0.4 is 5.73 Å². The number of carbonyl (C=O) groups excluding carboxylic acids is 1. The lowest BCUT2D eigenvalue weighted by molar-refractivity contribution is 0.1000. The molecule has 0 atom stereocenters. The van der Waals surface area contributed by atoms with Gasteiger partial charge in [-0.25, -0.2) is 8.42 Å². The summed E-state index contributed by atoms with van der Waals surface area (Å²) in [6, 6.07) is 5.89. The molecule has 2 aliphatic rings. The van der Waals surface area contributed by atoms with Crippen LogP contribution in [-0.4, -0.2) is 23.8 Å². The van der Waals surface area contributed by atoms with Crippen molar-refractivity contribution in [2.75, 3.05) is 0 Å². The monoisotopic (exact) mass is 417 g/mol. The van der Waals surface area contributed by atoms with Crippen LogP contribution >= 0.6 is 0 Å². The molecule has 1 fully saturated rings. The van der Waals surface area contributed by atoms with Crippen LogP contribution in [-0.2, 0) is 9.84 Å². The molecule has 3 rings (SSSR count). The molecule has 1 aromatic rings. The lowest BCUT2D eigenvalue weighted by Gasteiger charge is -2.44. The van der Waals surface area contributed by atoms with Gasteiger partial charge >= 0.3 is 0 Å². The largest absolute Gasteiger partial charge is 0.366 e. The zero-order valence-corrected chi connectivity index (χ0v) is 19.4. The molecular weight excluding hydrogens is 382 g/mol. The minimum Gasteiger partial charge on any atom is -0.366 e. The Hall–Kier alpha value is -1.62. The van der Waals surface area contributed by atoms with Crippen LogP contribution in [0, 0.1) is 5.41 Å². The van der Waals surface area contributed by atoms with E-state index in [1.165, 1.54) is 5.57 Å². The van der Waals surface area contributed by atoms with E-state index >= 15 is 0 Å². The van der Waals surface area contributed by atoms with E-state index in [-0.39, 0.29) is 11.3 Å². The first kappa shape index (κ1) is 22.1. The van der Waals surface area contributed by atoms with E-state index in [0.29, 0.717) is 18.4 Å². The molecule has 160 valence electrons. The summed E-state index contributed by atoms with van der Waals surface area (Å²) in [4.78, 5) is 12.1. The third-order valence-corrected chi connectivity index (χ3v) is 10.3. The smallest absolute Gasteiger partial charge is 0.249 e. The van der Waals surface area contributed by atoms with Crippen LogP contribution in [0.5, 0.6) is 0 Å². The van der Waals surface area contributed by atoms with Gasteiger partial charge in [-0.2, -0.15) is 0 Å². The number of sulfone groups is 1. The first-order valence-electron chi connectivity index (χ1n) is 10.5. The summed E-state index contributed by atoms with van der Waals surface area (Å²) >= 11 is 0. The van der Waals surface area contributed by atoms with E-state index in [1.54, 1.807) is 0 Å². The second kappa shape index (κ2) is 6.97. The molecule has 2 N–H and O–H groups in total. The summed E-state index contributed by atoms with van der Waals surface area (Å²) in [6.07, 6.45) is 6.39. The average molecular weight is 418 g/mol. The fraction of sp³-hybridized carbons (Fsp3) is 0.625. The predicted octanol–water partition coefficient (Wildman–Crippen LogP) is 5.23. The summed E-state index contributed by atoms with van der Waals surface area (Å²) in [5.41, 5.74) is 9.73. The number of primary amides is 1. The first-order chi connectivity index (χ1) is 13.2. The number of amides is 1. The Balaban J connectivity index is 2.04. The normalized spacial score (nSPS) is 25.2. The van der Waals surface area contributed by atoms with E-state index in [2.05, 4.69) is 26.0 Å². The van der Waals surface area contributed by atoms with Crippen molar-refractivity contribution in [1.29, 1.82) is 0 Å². The fourth-order valence-electron chi connectivity index (χ4n) is 5.08. The lowest BCUT2D eigenvalue weighted by atomic mass is 9.75. The van der Waals surface area contributed by atoms with Gasteiger partial charge in [-0.1, -0.05) is 32.1 Å². The van der Waals surface area contributed by atoms with Gasteiger partial charge in [-0.05, 0) is 93.9 Å². The van der Waals surface area contributed by atoms with Gasteiger partial charge in [0.05, 0.1) is 9.49 Å². The third-order valence-electron chi connectivity index (χ3n) is 7.03. The van der Waals surface area contributed by atoms with Crippen LogP contribution in [0.2, 0.25) is 0 Å². The molecule has 1 saturated heterocycles. The van der Waals surface area contributed by atoms with Crippen molar-refractivity contribution < 1.29 is 13.2 Å². The van der Waals surface area contributed by atoms with Crippen LogP contribution in [0.3, 0.4) is 0 Å². The van der Waals surface area contributed by atoms with Crippen molar-refractivity contribution in [3.8, 4) is 0 Å². The number of hydrogen-bond acceptors (Lipinski definition) is 3. The molecule has 0 bridgehead atoms. The summed E-state index contributed by atoms with van der Waals surface area (Å²) < 4.78 is 24.4. The van der Waals surface area contributed by atoms with Crippen LogP contribution in [0.4, 0.5) is 0 Å². The Labute approximate surface area is 175 Å². The van der Waals surface area contributed by atoms with Gasteiger partial charge in [0.1, 0.15) is 0 Å². The number of hydrogen-bond donors (Lipinski definition) is 1. The van der Waals surface area contributed by atoms with Gasteiger partial charge in [-0.3, -0.25) is 4.79 Å². The molecule has 0 aromatic heterocycles. The van der Waals surface area contributed by atoms with Crippen molar-refractivity contribution in [3.63, 3.8) is 0 Å². The molecule has 1 aromatic carbocycles. The standard InChI is InChI=1S/C24H35NO3S/c1-22(2)11-9-16(10-12-22)20-13-17(7-8-19(20)21(25)26)18-14-23(3,4)29(27,28)24(5,6)15-18/h7-9,13,18H,10-12,14-15H2,1-6H3,(H2,25,26). The Morgan fingerprint density at radius 2 is 1.62 bits per heavy atom. The van der Waals surface area contributed by atoms with Gasteiger partial charge in [0.2, 0.25) is 5.91 Å². The zero-order valence-electron chi connectivity index (χ0n) is 18.6. The maximum Gasteiger partial charge on any atom is 0.249 e. The molecule has 1 amide bonds. The van der Waals surface area contributed by atoms with Crippen molar-refractivity contribution in [2.45, 2.75) is 89.1 Å². The first-order valence-corrected chi connectivity index (χ1v) is 12.0. The molecule has 4 nitrogen and oxygen atoms in total. The molecule has 1 heterocycles. The summed E-state index contributed by atoms with van der Waals surface area (Å²) in [7, 11) is -3.23. The van der Waals surface area contributed by atoms with Gasteiger partial charge in [0.15, 0.2) is 9.84 Å². The SMILES string of the molecule is CC1(C)CC=C(c2cc(C3CC(C)(C)S(=O)(=O)C(C)(C)C3)ccc2C(N)=O)CC1. The number of rotatable bonds is 3. The Kier molecular flexibility index (Phi) is 5.30. The van der Waals surface area contributed by atoms with Crippen LogP contribution in [0.25, 0.3) is 5.57 Å². The highest BCUT2D eigenvalue weighted by molar-refractivity contribution is 7.94. The van der Waals surface area contributed by atoms with Crippen molar-refractivity contribution >= 4 is 21.3 Å². The van der Waals surface area contributed by atoms with Gasteiger partial charge in [0.25, 0.3) is 0 Å². The minimum absolute atomic E-state index is 0.129. The van der Waals surface area contributed by atoms with E-state index in [4.69, 9.17) is 5.73 Å². The molecular formula is C24H35NO3S. The van der Waals surface area contributed by atoms with E-state index < -0.39 is 25.2 Å².